The molecule has 0 bridgehead atoms. The fourth-order valence-electron chi connectivity index (χ4n) is 1.84. The third kappa shape index (κ3) is 4.16. The first kappa shape index (κ1) is 12.1. The molecule has 1 aliphatic rings. The van der Waals surface area contributed by atoms with Crippen molar-refractivity contribution in [2.45, 2.75) is 58.4 Å². The minimum atomic E-state index is -2.17. The van der Waals surface area contributed by atoms with Crippen LogP contribution in [0, 0.1) is 0 Å². The van der Waals surface area contributed by atoms with Gasteiger partial charge in [-0.15, -0.1) is 0 Å². The van der Waals surface area contributed by atoms with Gasteiger partial charge in [-0.3, -0.25) is 14.4 Å². The highest BCUT2D eigenvalue weighted by Crippen LogP contribution is 2.29. The molecule has 8 heteroatoms. The molecule has 0 aromatic carbocycles. The van der Waals surface area contributed by atoms with Crippen molar-refractivity contribution in [2.75, 3.05) is 0 Å². The minimum Gasteiger partial charge on any atom is -0.456 e. The van der Waals surface area contributed by atoms with Crippen LogP contribution in [0.2, 0.25) is 0 Å². The van der Waals surface area contributed by atoms with Gasteiger partial charge in [0.1, 0.15) is 0 Å². The lowest BCUT2D eigenvalue weighted by molar-refractivity contribution is -0.268. The molecule has 0 amide bonds. The van der Waals surface area contributed by atoms with E-state index in [4.69, 9.17) is 23.1 Å². The average molecular weight is 295 g/mol. The van der Waals surface area contributed by atoms with Gasteiger partial charge in [-0.25, -0.2) is 4.39 Å². The average Bonchev–Trinajstić information content (AvgIpc) is 2.53. The van der Waals surface area contributed by atoms with Crippen LogP contribution in [0.4, 0.5) is 4.39 Å². The largest absolute Gasteiger partial charge is 0.456 e. The van der Waals surface area contributed by atoms with E-state index in [1.807, 2.05) is 0 Å². The molecule has 1 heterocycles. The van der Waals surface area contributed by atoms with E-state index in [2.05, 4.69) is 0 Å². The van der Waals surface area contributed by atoms with Crippen LogP contribution in [-0.2, 0) is 33.3 Å². The molecule has 0 N–H and O–H groups in total. The third-order valence-electron chi connectivity index (χ3n) is 2.52. The van der Waals surface area contributed by atoms with Gasteiger partial charge in [0, 0.05) is 24.8 Å². The van der Waals surface area contributed by atoms with Gasteiger partial charge in [-0.2, -0.15) is 0 Å². The van der Waals surface area contributed by atoms with Crippen LogP contribution in [0.5, 0.6) is 0 Å². The first-order valence-electron chi connectivity index (χ1n) is 7.71. The highest BCUT2D eigenvalue weighted by Gasteiger charge is 2.50. The molecule has 0 aromatic heterocycles. The normalized spacial score (nSPS) is 35.1. The Morgan fingerprint density at radius 2 is 1.40 bits per heavy atom. The number of esters is 3. The van der Waals surface area contributed by atoms with Crippen LogP contribution < -0.4 is 0 Å². The summed E-state index contributed by atoms with van der Waals surface area (Å²) in [6.07, 6.45) is -7.83. The molecule has 1 fully saturated rings. The van der Waals surface area contributed by atoms with Crippen molar-refractivity contribution in [1.29, 1.82) is 0 Å². The quantitative estimate of drug-likeness (QED) is 0.553. The number of rotatable bonds is 3. The summed E-state index contributed by atoms with van der Waals surface area (Å²) in [5.41, 5.74) is 0. The van der Waals surface area contributed by atoms with Crippen molar-refractivity contribution in [1.82, 2.24) is 0 Å². The molecule has 0 aliphatic carbocycles. The summed E-state index contributed by atoms with van der Waals surface area (Å²) in [5, 5.41) is 0. The standard InChI is InChI=1S/C12H17FO7/c1-5-9(18-6(2)14)10(19-7(3)15)11(12(13)17-5)20-8(4)16/h5,9-12H,1-4H3/t5-,9-,10+,11+,12?/m0/s1/i2D,3D,4D. The van der Waals surface area contributed by atoms with Crippen LogP contribution in [0.15, 0.2) is 0 Å². The summed E-state index contributed by atoms with van der Waals surface area (Å²) in [5.74, 6) is -3.11. The Kier molecular flexibility index (Phi) is 4.01. The van der Waals surface area contributed by atoms with Crippen molar-refractivity contribution in [2.24, 2.45) is 0 Å². The molecule has 0 saturated carbocycles. The molecule has 1 unspecified atom stereocenters. The lowest BCUT2D eigenvalue weighted by Gasteiger charge is -2.40. The molecule has 20 heavy (non-hydrogen) atoms. The van der Waals surface area contributed by atoms with Gasteiger partial charge >= 0.3 is 17.9 Å². The molecule has 5 atom stereocenters. The Labute approximate surface area is 119 Å². The van der Waals surface area contributed by atoms with Crippen molar-refractivity contribution < 1.29 is 41.8 Å². The van der Waals surface area contributed by atoms with Crippen LogP contribution >= 0.6 is 0 Å². The van der Waals surface area contributed by atoms with Gasteiger partial charge in [0.25, 0.3) is 0 Å². The molecular formula is C12H17FO7. The van der Waals surface area contributed by atoms with Gasteiger partial charge in [0.15, 0.2) is 18.3 Å². The van der Waals surface area contributed by atoms with Crippen molar-refractivity contribution in [3.63, 3.8) is 0 Å². The summed E-state index contributed by atoms with van der Waals surface area (Å²) < 4.78 is 54.1. The first-order chi connectivity index (χ1) is 10.8. The summed E-state index contributed by atoms with van der Waals surface area (Å²) in [6.45, 7) is -0.951. The Morgan fingerprint density at radius 1 is 0.950 bits per heavy atom. The summed E-state index contributed by atoms with van der Waals surface area (Å²) in [4.78, 5) is 33.9. The van der Waals surface area contributed by atoms with Crippen molar-refractivity contribution in [3.8, 4) is 0 Å². The summed E-state index contributed by atoms with van der Waals surface area (Å²) in [6, 6.07) is 0. The Bertz CT molecular complexity index is 420. The number of hydrogen-bond acceptors (Lipinski definition) is 7. The van der Waals surface area contributed by atoms with Crippen molar-refractivity contribution >= 4 is 17.9 Å². The number of carbonyl (C=O) groups is 3. The lowest BCUT2D eigenvalue weighted by atomic mass is 9.99. The smallest absolute Gasteiger partial charge is 0.303 e. The van der Waals surface area contributed by atoms with Gasteiger partial charge in [0.2, 0.25) is 6.36 Å². The SMILES string of the molecule is [2H]CC(=O)O[C@@H]1[C@@H](OC(=O)C[2H])[C@@H](OC(=O)C[2H])C(F)O[C@H]1C. The maximum atomic E-state index is 14.0. The van der Waals surface area contributed by atoms with Crippen LogP contribution in [0.1, 0.15) is 31.7 Å². The van der Waals surface area contributed by atoms with E-state index < -0.39 is 69.4 Å². The maximum Gasteiger partial charge on any atom is 0.303 e. The summed E-state index contributed by atoms with van der Waals surface area (Å²) in [7, 11) is 0. The van der Waals surface area contributed by atoms with Crippen molar-refractivity contribution in [3.05, 3.63) is 0 Å². The number of ether oxygens (including phenoxy) is 4. The zero-order chi connectivity index (χ0) is 17.6. The maximum absolute atomic E-state index is 14.0. The van der Waals surface area contributed by atoms with E-state index in [1.165, 1.54) is 6.92 Å². The topological polar surface area (TPSA) is 88.1 Å². The molecule has 114 valence electrons. The van der Waals surface area contributed by atoms with E-state index in [9.17, 15) is 18.8 Å². The van der Waals surface area contributed by atoms with Crippen LogP contribution in [0.3, 0.4) is 0 Å². The number of halogens is 1. The highest BCUT2D eigenvalue weighted by atomic mass is 19.1. The molecule has 0 spiro atoms. The van der Waals surface area contributed by atoms with Gasteiger partial charge in [-0.1, -0.05) is 0 Å². The monoisotopic (exact) mass is 295 g/mol. The second-order valence-electron chi connectivity index (χ2n) is 4.06. The van der Waals surface area contributed by atoms with E-state index in [0.717, 1.165) is 0 Å². The van der Waals surface area contributed by atoms with E-state index >= 15 is 0 Å². The second-order valence-corrected chi connectivity index (χ2v) is 4.06. The fourth-order valence-corrected chi connectivity index (χ4v) is 1.84. The first-order valence-corrected chi connectivity index (χ1v) is 5.59. The molecule has 1 aliphatic heterocycles. The molecule has 7 nitrogen and oxygen atoms in total. The summed E-state index contributed by atoms with van der Waals surface area (Å²) >= 11 is 0. The predicted molar refractivity (Wildman–Crippen MR) is 62.1 cm³/mol. The van der Waals surface area contributed by atoms with E-state index in [0.29, 0.717) is 0 Å². The van der Waals surface area contributed by atoms with Crippen LogP contribution in [0.25, 0.3) is 0 Å². The molecule has 1 saturated heterocycles. The predicted octanol–water partition coefficient (Wildman–Crippen LogP) is 0.496. The zero-order valence-corrected chi connectivity index (χ0v) is 10.7. The number of hydrogen-bond donors (Lipinski definition) is 0. The highest BCUT2D eigenvalue weighted by molar-refractivity contribution is 5.68. The zero-order valence-electron chi connectivity index (χ0n) is 13.7. The fraction of sp³-hybridized carbons (Fsp3) is 0.750. The van der Waals surface area contributed by atoms with Gasteiger partial charge < -0.3 is 18.9 Å². The molecule has 0 aromatic rings. The lowest BCUT2D eigenvalue weighted by Crippen LogP contribution is -2.59. The Hall–Kier alpha value is -1.70. The number of alkyl halides is 1. The molecule has 0 radical (unpaired) electrons. The van der Waals surface area contributed by atoms with Gasteiger partial charge in [0.05, 0.1) is 6.10 Å². The van der Waals surface area contributed by atoms with E-state index in [1.54, 1.807) is 0 Å². The second kappa shape index (κ2) is 6.65. The van der Waals surface area contributed by atoms with Crippen LogP contribution in [-0.4, -0.2) is 48.7 Å². The third-order valence-corrected chi connectivity index (χ3v) is 2.52. The molecular weight excluding hydrogens is 275 g/mol. The Morgan fingerprint density at radius 3 is 1.90 bits per heavy atom. The Balaban J connectivity index is 3.04. The van der Waals surface area contributed by atoms with E-state index in [-0.39, 0.29) is 0 Å². The number of carbonyl (C=O) groups excluding carboxylic acids is 3. The van der Waals surface area contributed by atoms with Gasteiger partial charge in [-0.05, 0) is 6.92 Å². The molecule has 1 rings (SSSR count). The minimum absolute atomic E-state index is 0.724.